The van der Waals surface area contributed by atoms with Crippen molar-refractivity contribution in [3.8, 4) is 0 Å². The van der Waals surface area contributed by atoms with Gasteiger partial charge in [0.1, 0.15) is 0 Å². The lowest BCUT2D eigenvalue weighted by atomic mass is 10.1. The zero-order valence-electron chi connectivity index (χ0n) is 9.16. The van der Waals surface area contributed by atoms with E-state index in [9.17, 15) is 4.79 Å². The molecular weight excluding hydrogens is 210 g/mol. The number of nitrogens with zero attached hydrogens (tertiary/aromatic N) is 1. The Morgan fingerprint density at radius 3 is 2.13 bits per heavy atom. The molecule has 0 aliphatic carbocycles. The van der Waals surface area contributed by atoms with Gasteiger partial charge < -0.3 is 0 Å². The van der Waals surface area contributed by atoms with Crippen LogP contribution in [-0.4, -0.2) is 23.2 Å². The summed E-state index contributed by atoms with van der Waals surface area (Å²) in [6, 6.07) is 7.45. The van der Waals surface area contributed by atoms with E-state index in [1.165, 1.54) is 5.56 Å². The summed E-state index contributed by atoms with van der Waals surface area (Å²) >= 11 is 5.37. The first kappa shape index (κ1) is 12.2. The fourth-order valence-corrected chi connectivity index (χ4v) is 1.57. The Hall–Kier alpha value is -0.860. The SMILES string of the molecule is CCN(CC)Cc1ccc(C(=O)Cl)cc1. The molecule has 0 fully saturated rings. The van der Waals surface area contributed by atoms with Crippen LogP contribution in [0.3, 0.4) is 0 Å². The molecule has 15 heavy (non-hydrogen) atoms. The van der Waals surface area contributed by atoms with E-state index in [1.54, 1.807) is 12.1 Å². The van der Waals surface area contributed by atoms with Gasteiger partial charge in [0.15, 0.2) is 0 Å². The molecule has 1 rings (SSSR count). The van der Waals surface area contributed by atoms with E-state index in [-0.39, 0.29) is 0 Å². The van der Waals surface area contributed by atoms with Gasteiger partial charge in [-0.1, -0.05) is 26.0 Å². The summed E-state index contributed by atoms with van der Waals surface area (Å²) in [6.45, 7) is 7.27. The van der Waals surface area contributed by atoms with E-state index in [2.05, 4.69) is 18.7 Å². The molecule has 3 heteroatoms. The third kappa shape index (κ3) is 3.65. The molecule has 0 bridgehead atoms. The van der Waals surface area contributed by atoms with Gasteiger partial charge in [-0.05, 0) is 42.4 Å². The van der Waals surface area contributed by atoms with Gasteiger partial charge in [-0.25, -0.2) is 0 Å². The summed E-state index contributed by atoms with van der Waals surface area (Å²) in [5, 5.41) is -0.399. The second-order valence-corrected chi connectivity index (χ2v) is 3.78. The lowest BCUT2D eigenvalue weighted by Gasteiger charge is -2.17. The second-order valence-electron chi connectivity index (χ2n) is 3.43. The van der Waals surface area contributed by atoms with Gasteiger partial charge in [-0.15, -0.1) is 0 Å². The lowest BCUT2D eigenvalue weighted by Crippen LogP contribution is -2.22. The van der Waals surface area contributed by atoms with Gasteiger partial charge >= 0.3 is 0 Å². The zero-order chi connectivity index (χ0) is 11.3. The summed E-state index contributed by atoms with van der Waals surface area (Å²) in [4.78, 5) is 13.2. The summed E-state index contributed by atoms with van der Waals surface area (Å²) in [7, 11) is 0. The van der Waals surface area contributed by atoms with E-state index in [0.717, 1.165) is 19.6 Å². The number of carbonyl (C=O) groups is 1. The highest BCUT2D eigenvalue weighted by atomic mass is 35.5. The predicted molar refractivity (Wildman–Crippen MR) is 63.3 cm³/mol. The van der Waals surface area contributed by atoms with E-state index in [1.807, 2.05) is 12.1 Å². The minimum absolute atomic E-state index is 0.399. The van der Waals surface area contributed by atoms with E-state index < -0.39 is 5.24 Å². The first-order valence-electron chi connectivity index (χ1n) is 5.18. The number of benzene rings is 1. The second kappa shape index (κ2) is 5.89. The Labute approximate surface area is 95.8 Å². The molecular formula is C12H16ClNO. The maximum atomic E-state index is 10.8. The van der Waals surface area contributed by atoms with Crippen LogP contribution in [0.1, 0.15) is 29.8 Å². The average molecular weight is 226 g/mol. The zero-order valence-corrected chi connectivity index (χ0v) is 9.92. The molecule has 0 atom stereocenters. The van der Waals surface area contributed by atoms with Crippen molar-refractivity contribution in [2.24, 2.45) is 0 Å². The Balaban J connectivity index is 2.67. The van der Waals surface area contributed by atoms with Gasteiger partial charge in [0.05, 0.1) is 0 Å². The van der Waals surface area contributed by atoms with Crippen LogP contribution in [0.25, 0.3) is 0 Å². The monoisotopic (exact) mass is 225 g/mol. The molecule has 0 unspecified atom stereocenters. The van der Waals surface area contributed by atoms with Crippen molar-refractivity contribution >= 4 is 16.8 Å². The molecule has 82 valence electrons. The Morgan fingerprint density at radius 2 is 1.73 bits per heavy atom. The van der Waals surface area contributed by atoms with Crippen LogP contribution in [0.5, 0.6) is 0 Å². The molecule has 0 radical (unpaired) electrons. The van der Waals surface area contributed by atoms with Crippen molar-refractivity contribution in [3.05, 3.63) is 35.4 Å². The van der Waals surface area contributed by atoms with Gasteiger partial charge in [0, 0.05) is 12.1 Å². The highest BCUT2D eigenvalue weighted by Gasteiger charge is 2.03. The fraction of sp³-hybridized carbons (Fsp3) is 0.417. The largest absolute Gasteiger partial charge is 0.300 e. The summed E-state index contributed by atoms with van der Waals surface area (Å²) in [6.07, 6.45) is 0. The van der Waals surface area contributed by atoms with E-state index in [4.69, 9.17) is 11.6 Å². The van der Waals surface area contributed by atoms with E-state index >= 15 is 0 Å². The molecule has 0 amide bonds. The number of hydrogen-bond donors (Lipinski definition) is 0. The Kier molecular flexibility index (Phi) is 4.79. The topological polar surface area (TPSA) is 20.3 Å². The minimum atomic E-state index is -0.399. The number of rotatable bonds is 5. The molecule has 0 N–H and O–H groups in total. The fourth-order valence-electron chi connectivity index (χ4n) is 1.45. The van der Waals surface area contributed by atoms with Gasteiger partial charge in [-0.3, -0.25) is 9.69 Å². The third-order valence-electron chi connectivity index (χ3n) is 2.48. The first-order chi connectivity index (χ1) is 7.17. The van der Waals surface area contributed by atoms with Crippen LogP contribution >= 0.6 is 11.6 Å². The van der Waals surface area contributed by atoms with Gasteiger partial charge in [0.2, 0.25) is 0 Å². The third-order valence-corrected chi connectivity index (χ3v) is 2.70. The summed E-state index contributed by atoms with van der Waals surface area (Å²) < 4.78 is 0. The lowest BCUT2D eigenvalue weighted by molar-refractivity contribution is 0.108. The number of halogens is 1. The number of hydrogen-bond acceptors (Lipinski definition) is 2. The average Bonchev–Trinajstić information content (AvgIpc) is 2.26. The van der Waals surface area contributed by atoms with Crippen molar-refractivity contribution in [2.75, 3.05) is 13.1 Å². The Morgan fingerprint density at radius 1 is 1.20 bits per heavy atom. The molecule has 0 spiro atoms. The minimum Gasteiger partial charge on any atom is -0.300 e. The normalized spacial score (nSPS) is 10.7. The Bertz CT molecular complexity index is 317. The van der Waals surface area contributed by atoms with Crippen LogP contribution < -0.4 is 0 Å². The van der Waals surface area contributed by atoms with Crippen molar-refractivity contribution < 1.29 is 4.79 Å². The van der Waals surface area contributed by atoms with Gasteiger partial charge in [-0.2, -0.15) is 0 Å². The predicted octanol–water partition coefficient (Wildman–Crippen LogP) is 2.91. The molecule has 0 aromatic heterocycles. The van der Waals surface area contributed by atoms with E-state index in [0.29, 0.717) is 5.56 Å². The molecule has 0 aliphatic rings. The molecule has 1 aromatic rings. The van der Waals surface area contributed by atoms with Crippen LogP contribution in [0.15, 0.2) is 24.3 Å². The highest BCUT2D eigenvalue weighted by molar-refractivity contribution is 6.67. The smallest absolute Gasteiger partial charge is 0.252 e. The molecule has 1 aromatic carbocycles. The van der Waals surface area contributed by atoms with Crippen LogP contribution in [-0.2, 0) is 6.54 Å². The van der Waals surface area contributed by atoms with Crippen molar-refractivity contribution in [1.29, 1.82) is 0 Å². The number of carbonyl (C=O) groups excluding carboxylic acids is 1. The van der Waals surface area contributed by atoms with Crippen molar-refractivity contribution in [3.63, 3.8) is 0 Å². The first-order valence-corrected chi connectivity index (χ1v) is 5.56. The van der Waals surface area contributed by atoms with Crippen molar-refractivity contribution in [2.45, 2.75) is 20.4 Å². The van der Waals surface area contributed by atoms with Gasteiger partial charge in [0.25, 0.3) is 5.24 Å². The van der Waals surface area contributed by atoms with Crippen LogP contribution in [0.4, 0.5) is 0 Å². The molecule has 0 saturated heterocycles. The molecule has 0 aliphatic heterocycles. The molecule has 0 saturated carbocycles. The highest BCUT2D eigenvalue weighted by Crippen LogP contribution is 2.09. The summed E-state index contributed by atoms with van der Waals surface area (Å²) in [5.74, 6) is 0. The quantitative estimate of drug-likeness (QED) is 0.719. The summed E-state index contributed by atoms with van der Waals surface area (Å²) in [5.41, 5.74) is 1.76. The maximum Gasteiger partial charge on any atom is 0.252 e. The van der Waals surface area contributed by atoms with Crippen molar-refractivity contribution in [1.82, 2.24) is 4.90 Å². The standard InChI is InChI=1S/C12H16ClNO/c1-3-14(4-2)9-10-5-7-11(8-6-10)12(13)15/h5-8H,3-4,9H2,1-2H3. The maximum absolute atomic E-state index is 10.8. The molecule has 2 nitrogen and oxygen atoms in total. The van der Waals surface area contributed by atoms with Crippen LogP contribution in [0, 0.1) is 0 Å². The van der Waals surface area contributed by atoms with Crippen LogP contribution in [0.2, 0.25) is 0 Å². The molecule has 0 heterocycles.